The molecule has 3 heteroatoms. The Morgan fingerprint density at radius 3 is 2.83 bits per heavy atom. The second-order valence-corrected chi connectivity index (χ2v) is 5.99. The molecule has 2 rings (SSSR count). The topological polar surface area (TPSA) is 15.3 Å². The summed E-state index contributed by atoms with van der Waals surface area (Å²) < 4.78 is 0. The lowest BCUT2D eigenvalue weighted by Crippen LogP contribution is -2.30. The highest BCUT2D eigenvalue weighted by Crippen LogP contribution is 2.22. The summed E-state index contributed by atoms with van der Waals surface area (Å²) in [6.45, 7) is 3.24. The van der Waals surface area contributed by atoms with Crippen molar-refractivity contribution < 1.29 is 0 Å². The standard InChI is InChI=1S/C15H23ClN2/c1-18(2)11-14-6-5-12(9-15(14)16)8-13-4-3-7-17-10-13/h5-6,9,13,17H,3-4,7-8,10-11H2,1-2H3. The summed E-state index contributed by atoms with van der Waals surface area (Å²) in [4.78, 5) is 2.14. The highest BCUT2D eigenvalue weighted by atomic mass is 35.5. The fourth-order valence-corrected chi connectivity index (χ4v) is 2.88. The zero-order valence-corrected chi connectivity index (χ0v) is 12.1. The van der Waals surface area contributed by atoms with Crippen molar-refractivity contribution >= 4 is 11.6 Å². The van der Waals surface area contributed by atoms with Crippen LogP contribution in [0.4, 0.5) is 0 Å². The van der Waals surface area contributed by atoms with Crippen LogP contribution < -0.4 is 5.32 Å². The molecule has 1 saturated heterocycles. The summed E-state index contributed by atoms with van der Waals surface area (Å²) in [6, 6.07) is 6.56. The minimum absolute atomic E-state index is 0.773. The van der Waals surface area contributed by atoms with Crippen molar-refractivity contribution in [2.75, 3.05) is 27.2 Å². The van der Waals surface area contributed by atoms with Gasteiger partial charge in [0.2, 0.25) is 0 Å². The van der Waals surface area contributed by atoms with Gasteiger partial charge in [-0.2, -0.15) is 0 Å². The van der Waals surface area contributed by atoms with Gasteiger partial charge in [-0.05, 0) is 69.6 Å². The van der Waals surface area contributed by atoms with E-state index < -0.39 is 0 Å². The van der Waals surface area contributed by atoms with Gasteiger partial charge in [-0.25, -0.2) is 0 Å². The van der Waals surface area contributed by atoms with E-state index in [2.05, 4.69) is 42.5 Å². The van der Waals surface area contributed by atoms with Crippen LogP contribution >= 0.6 is 11.6 Å². The number of hydrogen-bond donors (Lipinski definition) is 1. The van der Waals surface area contributed by atoms with Gasteiger partial charge in [-0.1, -0.05) is 23.7 Å². The van der Waals surface area contributed by atoms with Gasteiger partial charge in [-0.3, -0.25) is 0 Å². The molecule has 0 saturated carbocycles. The third kappa shape index (κ3) is 3.98. The Hall–Kier alpha value is -0.570. The van der Waals surface area contributed by atoms with Crippen molar-refractivity contribution in [3.05, 3.63) is 34.3 Å². The fourth-order valence-electron chi connectivity index (χ4n) is 2.62. The van der Waals surface area contributed by atoms with Crippen LogP contribution in [0.2, 0.25) is 5.02 Å². The van der Waals surface area contributed by atoms with E-state index in [0.717, 1.165) is 30.5 Å². The number of rotatable bonds is 4. The maximum Gasteiger partial charge on any atom is 0.0453 e. The van der Waals surface area contributed by atoms with Crippen molar-refractivity contribution in [2.24, 2.45) is 5.92 Å². The Kier molecular flexibility index (Phi) is 5.04. The minimum atomic E-state index is 0.773. The molecule has 1 aliphatic rings. The van der Waals surface area contributed by atoms with Gasteiger partial charge in [0.05, 0.1) is 0 Å². The predicted octanol–water partition coefficient (Wildman–Crippen LogP) is 2.94. The third-order valence-corrected chi connectivity index (χ3v) is 3.88. The van der Waals surface area contributed by atoms with Gasteiger partial charge in [-0.15, -0.1) is 0 Å². The molecular weight excluding hydrogens is 244 g/mol. The molecule has 1 atom stereocenters. The Balaban J connectivity index is 1.99. The van der Waals surface area contributed by atoms with Crippen LogP contribution in [-0.2, 0) is 13.0 Å². The van der Waals surface area contributed by atoms with E-state index in [0.29, 0.717) is 0 Å². The van der Waals surface area contributed by atoms with Crippen molar-refractivity contribution in [3.8, 4) is 0 Å². The van der Waals surface area contributed by atoms with E-state index in [4.69, 9.17) is 11.6 Å². The Labute approximate surface area is 115 Å². The van der Waals surface area contributed by atoms with Gasteiger partial charge in [0.1, 0.15) is 0 Å². The summed E-state index contributed by atoms with van der Waals surface area (Å²) in [5, 5.41) is 4.37. The van der Waals surface area contributed by atoms with Gasteiger partial charge >= 0.3 is 0 Å². The lowest BCUT2D eigenvalue weighted by atomic mass is 9.92. The monoisotopic (exact) mass is 266 g/mol. The quantitative estimate of drug-likeness (QED) is 0.902. The van der Waals surface area contributed by atoms with Crippen molar-refractivity contribution in [1.82, 2.24) is 10.2 Å². The SMILES string of the molecule is CN(C)Cc1ccc(CC2CCCNC2)cc1Cl. The van der Waals surface area contributed by atoms with Crippen molar-refractivity contribution in [3.63, 3.8) is 0 Å². The molecule has 0 amide bonds. The number of halogens is 1. The molecule has 0 spiro atoms. The summed E-state index contributed by atoms with van der Waals surface area (Å²) in [6.07, 6.45) is 3.79. The Morgan fingerprint density at radius 1 is 1.39 bits per heavy atom. The van der Waals surface area contributed by atoms with E-state index in [1.54, 1.807) is 0 Å². The molecule has 0 aromatic heterocycles. The Bertz CT molecular complexity index is 384. The first-order valence-electron chi connectivity index (χ1n) is 6.78. The molecule has 2 nitrogen and oxygen atoms in total. The maximum atomic E-state index is 6.35. The fraction of sp³-hybridized carbons (Fsp3) is 0.600. The molecule has 1 fully saturated rings. The molecule has 1 aliphatic heterocycles. The van der Waals surface area contributed by atoms with Crippen molar-refractivity contribution in [1.29, 1.82) is 0 Å². The van der Waals surface area contributed by atoms with Crippen LogP contribution in [0, 0.1) is 5.92 Å². The molecule has 0 bridgehead atoms. The minimum Gasteiger partial charge on any atom is -0.316 e. The summed E-state index contributed by atoms with van der Waals surface area (Å²) >= 11 is 6.35. The van der Waals surface area contributed by atoms with Gasteiger partial charge in [0.15, 0.2) is 0 Å². The first-order chi connectivity index (χ1) is 8.65. The average Bonchev–Trinajstić information content (AvgIpc) is 2.33. The highest BCUT2D eigenvalue weighted by molar-refractivity contribution is 6.31. The molecule has 18 heavy (non-hydrogen) atoms. The second kappa shape index (κ2) is 6.55. The smallest absolute Gasteiger partial charge is 0.0453 e. The van der Waals surface area contributed by atoms with Gasteiger partial charge in [0.25, 0.3) is 0 Å². The summed E-state index contributed by atoms with van der Waals surface area (Å²) in [5.41, 5.74) is 2.59. The predicted molar refractivity (Wildman–Crippen MR) is 78.1 cm³/mol. The molecule has 0 aliphatic carbocycles. The molecule has 0 radical (unpaired) electrons. The normalized spacial score (nSPS) is 20.3. The molecule has 100 valence electrons. The van der Waals surface area contributed by atoms with E-state index in [1.165, 1.54) is 30.5 Å². The zero-order valence-electron chi connectivity index (χ0n) is 11.4. The third-order valence-electron chi connectivity index (χ3n) is 3.53. The van der Waals surface area contributed by atoms with E-state index in [-0.39, 0.29) is 0 Å². The number of nitrogens with one attached hydrogen (secondary N) is 1. The van der Waals surface area contributed by atoms with Crippen LogP contribution in [0.3, 0.4) is 0 Å². The zero-order chi connectivity index (χ0) is 13.0. The summed E-state index contributed by atoms with van der Waals surface area (Å²) in [5.74, 6) is 0.773. The highest BCUT2D eigenvalue weighted by Gasteiger charge is 2.14. The van der Waals surface area contributed by atoms with Crippen molar-refractivity contribution in [2.45, 2.75) is 25.8 Å². The van der Waals surface area contributed by atoms with Gasteiger partial charge < -0.3 is 10.2 Å². The summed E-state index contributed by atoms with van der Waals surface area (Å²) in [7, 11) is 4.13. The van der Waals surface area contributed by atoms with Crippen LogP contribution in [-0.4, -0.2) is 32.1 Å². The molecule has 1 heterocycles. The number of hydrogen-bond acceptors (Lipinski definition) is 2. The lowest BCUT2D eigenvalue weighted by molar-refractivity contribution is 0.376. The van der Waals surface area contributed by atoms with Crippen LogP contribution in [0.5, 0.6) is 0 Å². The van der Waals surface area contributed by atoms with E-state index in [1.807, 2.05) is 0 Å². The second-order valence-electron chi connectivity index (χ2n) is 5.58. The molecule has 1 unspecified atom stereocenters. The number of benzene rings is 1. The maximum absolute atomic E-state index is 6.35. The first kappa shape index (κ1) is 13.9. The van der Waals surface area contributed by atoms with E-state index >= 15 is 0 Å². The lowest BCUT2D eigenvalue weighted by Gasteiger charge is -2.23. The average molecular weight is 267 g/mol. The number of nitrogens with zero attached hydrogens (tertiary/aromatic N) is 1. The van der Waals surface area contributed by atoms with E-state index in [9.17, 15) is 0 Å². The van der Waals surface area contributed by atoms with Crippen LogP contribution in [0.25, 0.3) is 0 Å². The number of piperidine rings is 1. The van der Waals surface area contributed by atoms with Gasteiger partial charge in [0, 0.05) is 11.6 Å². The van der Waals surface area contributed by atoms with Crippen LogP contribution in [0.15, 0.2) is 18.2 Å². The first-order valence-corrected chi connectivity index (χ1v) is 7.15. The van der Waals surface area contributed by atoms with Crippen LogP contribution in [0.1, 0.15) is 24.0 Å². The molecular formula is C15H23ClN2. The Morgan fingerprint density at radius 2 is 2.22 bits per heavy atom. The molecule has 1 aromatic carbocycles. The molecule has 1 N–H and O–H groups in total. The molecule has 1 aromatic rings. The largest absolute Gasteiger partial charge is 0.316 e.